The second kappa shape index (κ2) is 30.6. The number of benzene rings is 19. The summed E-state index contributed by atoms with van der Waals surface area (Å²) in [7, 11) is 0. The van der Waals surface area contributed by atoms with Crippen LogP contribution in [-0.2, 0) is 0 Å². The van der Waals surface area contributed by atoms with Crippen molar-refractivity contribution in [3.05, 3.63) is 394 Å². The molecular weight excluding hydrogens is 1650 g/mol. The predicted molar refractivity (Wildman–Crippen MR) is 534 cm³/mol. The number of aromatic nitrogens is 9. The van der Waals surface area contributed by atoms with Gasteiger partial charge in [0, 0.05) is 132 Å². The summed E-state index contributed by atoms with van der Waals surface area (Å²) in [6.45, 7) is 0. The molecule has 9 heterocycles. The molecule has 0 radical (unpaired) electrons. The lowest BCUT2D eigenvalue weighted by Gasteiger charge is -2.19. The quantitative estimate of drug-likeness (QED) is 0.115. The van der Waals surface area contributed by atoms with E-state index in [0.29, 0.717) is 52.4 Å². The van der Waals surface area contributed by atoms with Crippen LogP contribution in [0.25, 0.3) is 239 Å². The molecule has 28 rings (SSSR count). The molecule has 0 unspecified atom stereocenters. The van der Waals surface area contributed by atoms with Crippen molar-refractivity contribution in [2.45, 2.75) is 0 Å². The van der Waals surface area contributed by atoms with Crippen molar-refractivity contribution in [2.75, 3.05) is 0 Å². The van der Waals surface area contributed by atoms with Crippen molar-refractivity contribution in [3.8, 4) is 170 Å². The maximum atomic E-state index is 6.52. The van der Waals surface area contributed by atoms with Gasteiger partial charge in [0.05, 0.1) is 0 Å². The van der Waals surface area contributed by atoms with Gasteiger partial charge in [0.1, 0.15) is 34.5 Å². The average molecular weight is 1720 g/mol. The third-order valence-electron chi connectivity index (χ3n) is 24.7. The molecular formula is C115H65N9O3S3. The highest BCUT2D eigenvalue weighted by molar-refractivity contribution is 7.27. The Kier molecular flexibility index (Phi) is 17.6. The Balaban J connectivity index is 0.000000103. The van der Waals surface area contributed by atoms with Crippen molar-refractivity contribution >= 4 is 138 Å². The smallest absolute Gasteiger partial charge is 0.164 e. The van der Waals surface area contributed by atoms with E-state index in [1.54, 1.807) is 0 Å². The molecule has 3 aliphatic heterocycles. The van der Waals surface area contributed by atoms with Crippen molar-refractivity contribution in [3.63, 3.8) is 0 Å². The first kappa shape index (κ1) is 74.7. The monoisotopic (exact) mass is 1720 g/mol. The molecule has 0 spiro atoms. The first-order valence-corrected chi connectivity index (χ1v) is 45.5. The van der Waals surface area contributed by atoms with Crippen molar-refractivity contribution in [2.24, 2.45) is 0 Å². The van der Waals surface area contributed by atoms with Crippen molar-refractivity contribution in [1.29, 1.82) is 0 Å². The molecule has 0 aliphatic carbocycles. The van der Waals surface area contributed by atoms with E-state index in [1.165, 1.54) is 87.6 Å². The number of fused-ring (bicyclic) bond motifs is 1. The Hall–Kier alpha value is -16.7. The van der Waals surface area contributed by atoms with Crippen LogP contribution in [0.4, 0.5) is 0 Å². The average Bonchev–Trinajstić information content (AvgIpc) is 1.58. The minimum atomic E-state index is 0.639. The summed E-state index contributed by atoms with van der Waals surface area (Å²) in [6, 6.07) is 136. The second-order valence-corrected chi connectivity index (χ2v) is 35.7. The first-order valence-electron chi connectivity index (χ1n) is 43.0. The van der Waals surface area contributed by atoms with Crippen LogP contribution in [0.1, 0.15) is 0 Å². The molecule has 6 aromatic heterocycles. The van der Waals surface area contributed by atoms with Crippen LogP contribution in [0.3, 0.4) is 0 Å². The third kappa shape index (κ3) is 12.8. The van der Waals surface area contributed by atoms with Crippen LogP contribution in [0.2, 0.25) is 0 Å². The Bertz CT molecular complexity index is 8780. The van der Waals surface area contributed by atoms with Gasteiger partial charge in [-0.05, 0) is 146 Å². The first-order chi connectivity index (χ1) is 64.4. The fourth-order valence-corrected chi connectivity index (χ4v) is 22.3. The van der Waals surface area contributed by atoms with Gasteiger partial charge in [-0.2, -0.15) is 0 Å². The number of hydrogen-bond acceptors (Lipinski definition) is 15. The number of thiophene rings is 3. The highest BCUT2D eigenvalue weighted by Crippen LogP contribution is 2.57. The summed E-state index contributed by atoms with van der Waals surface area (Å²) in [6.07, 6.45) is 0. The van der Waals surface area contributed by atoms with Crippen LogP contribution >= 0.6 is 34.0 Å². The van der Waals surface area contributed by atoms with Crippen LogP contribution in [0.15, 0.2) is 394 Å². The molecule has 0 fully saturated rings. The summed E-state index contributed by atoms with van der Waals surface area (Å²) in [4.78, 5) is 44.6. The molecule has 0 amide bonds. The predicted octanol–water partition coefficient (Wildman–Crippen LogP) is 31.7. The van der Waals surface area contributed by atoms with Crippen LogP contribution < -0.4 is 14.2 Å². The zero-order valence-corrected chi connectivity index (χ0v) is 71.5. The molecule has 0 bridgehead atoms. The van der Waals surface area contributed by atoms with Crippen LogP contribution in [-0.4, -0.2) is 44.9 Å². The third-order valence-corrected chi connectivity index (χ3v) is 28.1. The molecule has 0 saturated carbocycles. The maximum Gasteiger partial charge on any atom is 0.164 e. The Morgan fingerprint density at radius 3 is 1.03 bits per heavy atom. The summed E-state index contributed by atoms with van der Waals surface area (Å²) in [5.41, 5.74) is 15.3. The van der Waals surface area contributed by atoms with E-state index in [1.807, 2.05) is 216 Å². The molecule has 0 N–H and O–H groups in total. The lowest BCUT2D eigenvalue weighted by atomic mass is 9.89. The van der Waals surface area contributed by atoms with Gasteiger partial charge in [0.15, 0.2) is 52.4 Å². The fourth-order valence-electron chi connectivity index (χ4n) is 18.7. The number of rotatable bonds is 12. The fraction of sp³-hybridized carbons (Fsp3) is 0. The largest absolute Gasteiger partial charge is 0.456 e. The maximum absolute atomic E-state index is 6.52. The van der Waals surface area contributed by atoms with Gasteiger partial charge in [-0.15, -0.1) is 34.0 Å². The Labute approximate surface area is 755 Å². The second-order valence-electron chi connectivity index (χ2n) is 32.5. The van der Waals surface area contributed by atoms with Gasteiger partial charge in [0.25, 0.3) is 0 Å². The highest BCUT2D eigenvalue weighted by atomic mass is 32.1. The van der Waals surface area contributed by atoms with Gasteiger partial charge in [-0.1, -0.05) is 303 Å². The molecule has 0 atom stereocenters. The van der Waals surface area contributed by atoms with E-state index < -0.39 is 0 Å². The zero-order valence-electron chi connectivity index (χ0n) is 69.0. The molecule has 15 heteroatoms. The van der Waals surface area contributed by atoms with E-state index in [2.05, 4.69) is 212 Å². The summed E-state index contributed by atoms with van der Waals surface area (Å²) >= 11 is 5.47. The number of hydrogen-bond donors (Lipinski definition) is 0. The molecule has 606 valence electrons. The zero-order chi connectivity index (χ0) is 85.4. The van der Waals surface area contributed by atoms with Crippen LogP contribution in [0.5, 0.6) is 34.5 Å². The standard InChI is InChI=1S/C41H23N3OS.2C37H21N3OS/c1-3-11-24(12-4-1)39-42-40(25-13-5-2-6-14-25)44-41(43-39)31-22-27-16-8-7-15-26(27)21-29(31)30-23-35-38-36-28(30)17-9-18-32(36)45-33-19-10-20-34(46-35)37(33)38;1-3-10-22(11-4-1)35-38-36(23-12-5-2-6-13-23)40-37(39-35)26-16-7-14-24(20-26)27-21-25-15-8-17-28-31(25)33-32-29(41-28)18-9-19-30(32)42-34(27)33;1-3-8-24(9-4-1)35-38-36(25-10-5-2-6-11-25)40-37(39-35)26-16-14-22(15-17-26)27-20-29-33-31(21-27)42-30-19-18-23-12-7-13-28(41-29)32(23)34(30)33/h1-23H;2*1-21H. The van der Waals surface area contributed by atoms with Crippen molar-refractivity contribution < 1.29 is 14.2 Å². The van der Waals surface area contributed by atoms with Gasteiger partial charge in [-0.25, -0.2) is 44.9 Å². The normalized spacial score (nSPS) is 12.0. The number of nitrogens with zero attached hydrogens (tertiary/aromatic N) is 9. The summed E-state index contributed by atoms with van der Waals surface area (Å²) in [5.74, 6) is 11.4. The van der Waals surface area contributed by atoms with Gasteiger partial charge in [-0.3, -0.25) is 0 Å². The number of ether oxygens (including phenoxy) is 3. The highest BCUT2D eigenvalue weighted by Gasteiger charge is 2.30. The molecule has 12 nitrogen and oxygen atoms in total. The topological polar surface area (TPSA) is 144 Å². The van der Waals surface area contributed by atoms with Crippen LogP contribution in [0, 0.1) is 0 Å². The Morgan fingerprint density at radius 2 is 0.500 bits per heavy atom. The van der Waals surface area contributed by atoms with E-state index in [9.17, 15) is 0 Å². The summed E-state index contributed by atoms with van der Waals surface area (Å²) < 4.78 is 26.9. The van der Waals surface area contributed by atoms with E-state index in [0.717, 1.165) is 134 Å². The molecule has 3 aliphatic rings. The molecule has 0 saturated heterocycles. The SMILES string of the molecule is c1ccc(-c2nc(-c3ccccc3)nc(-c3cc4ccccc4cc3-c3cc4sc5cccc6c5c4c4c(cccc34)O6)n2)cc1.c1ccc(-c2nc(-c3ccccc3)nc(-c3ccc(-c4cc5c6c(c4)sc4ccc7cccc(c7c46)O5)cc3)n2)cc1.c1ccc(-c2nc(-c3ccccc3)nc(-c3cccc(-c4cc5cccc6c5c5c4sc4cccc(c45)O6)c3)n2)cc1. The molecule has 19 aromatic carbocycles. The van der Waals surface area contributed by atoms with E-state index in [4.69, 9.17) is 59.1 Å². The van der Waals surface area contributed by atoms with Gasteiger partial charge in [0.2, 0.25) is 0 Å². The minimum Gasteiger partial charge on any atom is -0.456 e. The van der Waals surface area contributed by atoms with Crippen molar-refractivity contribution in [1.82, 2.24) is 44.9 Å². The van der Waals surface area contributed by atoms with E-state index >= 15 is 0 Å². The lowest BCUT2D eigenvalue weighted by molar-refractivity contribution is 0.493. The summed E-state index contributed by atoms with van der Waals surface area (Å²) in [5, 5.41) is 16.9. The Morgan fingerprint density at radius 1 is 0.154 bits per heavy atom. The molecule has 25 aromatic rings. The van der Waals surface area contributed by atoms with E-state index in [-0.39, 0.29) is 0 Å². The lowest BCUT2D eigenvalue weighted by Crippen LogP contribution is -2.01. The molecule has 130 heavy (non-hydrogen) atoms. The van der Waals surface area contributed by atoms with Gasteiger partial charge >= 0.3 is 0 Å². The minimum absolute atomic E-state index is 0.639. The van der Waals surface area contributed by atoms with Gasteiger partial charge < -0.3 is 14.2 Å².